The van der Waals surface area contributed by atoms with Crippen LogP contribution in [0, 0.1) is 13.8 Å². The number of nitrogens with zero attached hydrogens (tertiary/aromatic N) is 1. The van der Waals surface area contributed by atoms with Gasteiger partial charge in [-0.1, -0.05) is 6.07 Å². The van der Waals surface area contributed by atoms with Crippen molar-refractivity contribution in [2.24, 2.45) is 0 Å². The summed E-state index contributed by atoms with van der Waals surface area (Å²) in [5, 5.41) is 29.7. The number of hydrogen-bond acceptors (Lipinski definition) is 6. The van der Waals surface area contributed by atoms with E-state index in [0.29, 0.717) is 16.6 Å². The summed E-state index contributed by atoms with van der Waals surface area (Å²) in [5.74, 6) is -2.05. The molecule has 0 aliphatic heterocycles. The fraction of sp³-hybridized carbons (Fsp3) is 0.111. The van der Waals surface area contributed by atoms with Gasteiger partial charge in [-0.3, -0.25) is 4.72 Å². The first kappa shape index (κ1) is 18.5. The van der Waals surface area contributed by atoms with Crippen LogP contribution in [0.5, 0.6) is 11.5 Å². The first-order valence-corrected chi connectivity index (χ1v) is 9.27. The van der Waals surface area contributed by atoms with Crippen LogP contribution >= 0.6 is 0 Å². The lowest BCUT2D eigenvalue weighted by atomic mass is 9.99. The molecule has 8 nitrogen and oxygen atoms in total. The number of aryl methyl sites for hydroxylation is 2. The summed E-state index contributed by atoms with van der Waals surface area (Å²) in [7, 11) is -4.14. The molecule has 1 aromatic heterocycles. The highest BCUT2D eigenvalue weighted by atomic mass is 32.2. The zero-order valence-electron chi connectivity index (χ0n) is 14.4. The highest BCUT2D eigenvalue weighted by Crippen LogP contribution is 2.32. The molecular formula is C18H16N2O6S. The molecule has 0 saturated carbocycles. The Balaban J connectivity index is 2.16. The predicted octanol–water partition coefficient (Wildman–Crippen LogP) is 2.76. The Kier molecular flexibility index (Phi) is 4.40. The molecule has 0 aliphatic rings. The van der Waals surface area contributed by atoms with E-state index in [9.17, 15) is 28.5 Å². The summed E-state index contributed by atoms with van der Waals surface area (Å²) in [4.78, 5) is 15.2. The van der Waals surface area contributed by atoms with E-state index in [1.54, 1.807) is 13.8 Å². The number of sulfonamides is 1. The van der Waals surface area contributed by atoms with E-state index >= 15 is 0 Å². The number of phenols is 1. The van der Waals surface area contributed by atoms with Crippen LogP contribution in [0.3, 0.4) is 0 Å². The van der Waals surface area contributed by atoms with E-state index in [-0.39, 0.29) is 33.2 Å². The van der Waals surface area contributed by atoms with Gasteiger partial charge in [0.05, 0.1) is 10.5 Å². The molecule has 0 spiro atoms. The van der Waals surface area contributed by atoms with Crippen LogP contribution in [0.25, 0.3) is 10.8 Å². The number of benzene rings is 2. The highest BCUT2D eigenvalue weighted by molar-refractivity contribution is 7.92. The summed E-state index contributed by atoms with van der Waals surface area (Å²) < 4.78 is 27.6. The Morgan fingerprint density at radius 2 is 1.70 bits per heavy atom. The number of pyridine rings is 1. The molecule has 1 heterocycles. The van der Waals surface area contributed by atoms with Gasteiger partial charge in [0.1, 0.15) is 5.75 Å². The van der Waals surface area contributed by atoms with Crippen molar-refractivity contribution in [1.29, 1.82) is 0 Å². The number of carboxylic acid groups (broad SMARTS) is 1. The average Bonchev–Trinajstić information content (AvgIpc) is 2.60. The number of carboxylic acids is 1. The van der Waals surface area contributed by atoms with Crippen LogP contribution in [0.4, 0.5) is 5.82 Å². The Morgan fingerprint density at radius 1 is 1.00 bits per heavy atom. The van der Waals surface area contributed by atoms with E-state index in [1.807, 2.05) is 0 Å². The topological polar surface area (TPSA) is 137 Å². The summed E-state index contributed by atoms with van der Waals surface area (Å²) in [6.45, 7) is 3.24. The van der Waals surface area contributed by atoms with Gasteiger partial charge in [0.15, 0.2) is 11.6 Å². The van der Waals surface area contributed by atoms with E-state index in [2.05, 4.69) is 9.71 Å². The number of aromatic carboxylic acids is 1. The Bertz CT molecular complexity index is 1190. The molecule has 0 bridgehead atoms. The summed E-state index contributed by atoms with van der Waals surface area (Å²) in [6.07, 6.45) is 0. The molecule has 0 radical (unpaired) electrons. The minimum atomic E-state index is -4.14. The highest BCUT2D eigenvalue weighted by Gasteiger charge is 2.21. The Hall–Kier alpha value is -3.33. The third kappa shape index (κ3) is 3.36. The predicted molar refractivity (Wildman–Crippen MR) is 98.8 cm³/mol. The Labute approximate surface area is 154 Å². The van der Waals surface area contributed by atoms with Gasteiger partial charge in [-0.25, -0.2) is 18.2 Å². The van der Waals surface area contributed by atoms with Crippen LogP contribution in [-0.4, -0.2) is 34.7 Å². The maximum atomic E-state index is 12.7. The first-order chi connectivity index (χ1) is 12.6. The molecule has 9 heteroatoms. The number of anilines is 1. The zero-order valence-corrected chi connectivity index (χ0v) is 15.2. The third-order valence-corrected chi connectivity index (χ3v) is 5.47. The molecule has 2 aromatic carbocycles. The van der Waals surface area contributed by atoms with Crippen LogP contribution in [0.1, 0.15) is 21.6 Å². The first-order valence-electron chi connectivity index (χ1n) is 7.79. The van der Waals surface area contributed by atoms with Crippen molar-refractivity contribution in [2.75, 3.05) is 4.72 Å². The normalized spacial score (nSPS) is 11.5. The van der Waals surface area contributed by atoms with E-state index in [0.717, 1.165) is 6.07 Å². The monoisotopic (exact) mass is 388 g/mol. The van der Waals surface area contributed by atoms with Crippen molar-refractivity contribution in [3.63, 3.8) is 0 Å². The molecule has 0 saturated heterocycles. The summed E-state index contributed by atoms with van der Waals surface area (Å²) in [6, 6.07) is 7.84. The minimum absolute atomic E-state index is 0.169. The number of fused-ring (bicyclic) bond motifs is 1. The van der Waals surface area contributed by atoms with E-state index in [4.69, 9.17) is 0 Å². The van der Waals surface area contributed by atoms with Gasteiger partial charge >= 0.3 is 5.97 Å². The van der Waals surface area contributed by atoms with Crippen LogP contribution in [0.2, 0.25) is 0 Å². The molecule has 0 fully saturated rings. The molecule has 140 valence electrons. The van der Waals surface area contributed by atoms with Crippen molar-refractivity contribution >= 4 is 32.6 Å². The van der Waals surface area contributed by atoms with Gasteiger partial charge in [0.2, 0.25) is 0 Å². The number of phenolic OH excluding ortho intramolecular Hbond substituents is 1. The third-order valence-electron chi connectivity index (χ3n) is 4.14. The van der Waals surface area contributed by atoms with Crippen molar-refractivity contribution in [1.82, 2.24) is 4.98 Å². The van der Waals surface area contributed by atoms with Crippen molar-refractivity contribution < 1.29 is 28.5 Å². The second kappa shape index (κ2) is 6.44. The zero-order chi connectivity index (χ0) is 19.9. The molecule has 0 atom stereocenters. The lowest BCUT2D eigenvalue weighted by Crippen LogP contribution is -2.14. The molecule has 0 amide bonds. The molecule has 3 aromatic rings. The van der Waals surface area contributed by atoms with Gasteiger partial charge in [0.25, 0.3) is 10.0 Å². The minimum Gasteiger partial charge on any atom is -0.508 e. The lowest BCUT2D eigenvalue weighted by Gasteiger charge is -2.12. The second-order valence-corrected chi connectivity index (χ2v) is 7.69. The van der Waals surface area contributed by atoms with Gasteiger partial charge < -0.3 is 15.3 Å². The maximum absolute atomic E-state index is 12.7. The standard InChI is InChI=1S/C18H16N2O6S/c1-9-3-6-15(21)17(19-9)20-27(25,26)11-4-5-12-10(2)16(22)8-14(18(23)24)13(12)7-11/h3-8,21-22H,1-2H3,(H,19,20)(H,23,24). The van der Waals surface area contributed by atoms with Crippen molar-refractivity contribution in [3.05, 3.63) is 53.2 Å². The fourth-order valence-corrected chi connectivity index (χ4v) is 3.73. The largest absolute Gasteiger partial charge is 0.508 e. The van der Waals surface area contributed by atoms with Crippen LogP contribution in [0.15, 0.2) is 41.3 Å². The lowest BCUT2D eigenvalue weighted by molar-refractivity contribution is 0.0698. The van der Waals surface area contributed by atoms with Gasteiger partial charge in [-0.05, 0) is 60.5 Å². The molecule has 3 rings (SSSR count). The maximum Gasteiger partial charge on any atom is 0.336 e. The fourth-order valence-electron chi connectivity index (χ4n) is 2.69. The number of aromatic nitrogens is 1. The smallest absolute Gasteiger partial charge is 0.336 e. The molecular weight excluding hydrogens is 372 g/mol. The van der Waals surface area contributed by atoms with Gasteiger partial charge in [0, 0.05) is 5.69 Å². The number of aromatic hydroxyl groups is 2. The number of hydrogen-bond donors (Lipinski definition) is 4. The number of carbonyl (C=O) groups is 1. The number of nitrogens with one attached hydrogen (secondary N) is 1. The average molecular weight is 388 g/mol. The quantitative estimate of drug-likeness (QED) is 0.539. The van der Waals surface area contributed by atoms with Crippen LogP contribution < -0.4 is 4.72 Å². The van der Waals surface area contributed by atoms with Gasteiger partial charge in [-0.15, -0.1) is 0 Å². The van der Waals surface area contributed by atoms with E-state index in [1.165, 1.54) is 30.3 Å². The summed E-state index contributed by atoms with van der Waals surface area (Å²) in [5.41, 5.74) is 0.717. The van der Waals surface area contributed by atoms with E-state index < -0.39 is 16.0 Å². The molecule has 0 aliphatic carbocycles. The van der Waals surface area contributed by atoms with Crippen LogP contribution in [-0.2, 0) is 10.0 Å². The van der Waals surface area contributed by atoms with Gasteiger partial charge in [-0.2, -0.15) is 0 Å². The Morgan fingerprint density at radius 3 is 2.37 bits per heavy atom. The molecule has 4 N–H and O–H groups in total. The number of rotatable bonds is 4. The summed E-state index contributed by atoms with van der Waals surface area (Å²) >= 11 is 0. The SMILES string of the molecule is Cc1ccc(O)c(NS(=O)(=O)c2ccc3c(C)c(O)cc(C(=O)O)c3c2)n1. The second-order valence-electron chi connectivity index (χ2n) is 6.01. The molecule has 27 heavy (non-hydrogen) atoms. The molecule has 0 unspecified atom stereocenters. The van der Waals surface area contributed by atoms with Crippen molar-refractivity contribution in [3.8, 4) is 11.5 Å². The van der Waals surface area contributed by atoms with Crippen molar-refractivity contribution in [2.45, 2.75) is 18.7 Å².